The van der Waals surface area contributed by atoms with E-state index in [0.29, 0.717) is 6.54 Å². The molecule has 0 aromatic carbocycles. The van der Waals surface area contributed by atoms with Crippen molar-refractivity contribution in [3.63, 3.8) is 0 Å². The zero-order valence-corrected chi connectivity index (χ0v) is 7.55. The van der Waals surface area contributed by atoms with Crippen LogP contribution in [0.15, 0.2) is 28.8 Å². The molecule has 2 heteroatoms. The van der Waals surface area contributed by atoms with Crippen molar-refractivity contribution >= 4 is 0 Å². The Labute approximate surface area is 73.6 Å². The fourth-order valence-electron chi connectivity index (χ4n) is 0.664. The molecule has 0 unspecified atom stereocenters. The topological polar surface area (TPSA) is 29.4 Å². The molecule has 0 fully saturated rings. The molecule has 66 valence electrons. The third-order valence-electron chi connectivity index (χ3n) is 1.32. The summed E-state index contributed by atoms with van der Waals surface area (Å²) in [5.74, 6) is 0. The molecule has 0 saturated carbocycles. The number of hydrogen-bond acceptors (Lipinski definition) is 2. The van der Waals surface area contributed by atoms with Crippen molar-refractivity contribution in [3.8, 4) is 0 Å². The lowest BCUT2D eigenvalue weighted by Crippen LogP contribution is -1.74. The van der Waals surface area contributed by atoms with Gasteiger partial charge in [0.05, 0.1) is 6.54 Å². The third kappa shape index (κ3) is 8.90. The van der Waals surface area contributed by atoms with Crippen LogP contribution in [0, 0.1) is 4.91 Å². The standard InChI is InChI=1S/C10H15NO/c1-2-3-4-5-6-7-8-9-10-11-12/h4,7H,2-3,8-10H2,1H3. The van der Waals surface area contributed by atoms with Gasteiger partial charge in [-0.3, -0.25) is 0 Å². The monoisotopic (exact) mass is 165 g/mol. The van der Waals surface area contributed by atoms with Gasteiger partial charge in [-0.25, -0.2) is 0 Å². The molecule has 12 heavy (non-hydrogen) atoms. The second-order valence-corrected chi connectivity index (χ2v) is 2.48. The van der Waals surface area contributed by atoms with Gasteiger partial charge in [-0.15, -0.1) is 0 Å². The second kappa shape index (κ2) is 9.90. The Balaban J connectivity index is 3.45. The maximum atomic E-state index is 9.67. The highest BCUT2D eigenvalue weighted by Gasteiger charge is 1.79. The molecule has 0 aromatic rings. The summed E-state index contributed by atoms with van der Waals surface area (Å²) < 4.78 is 0. The molecule has 0 aliphatic rings. The van der Waals surface area contributed by atoms with Crippen LogP contribution in [-0.2, 0) is 0 Å². The zero-order chi connectivity index (χ0) is 9.07. The van der Waals surface area contributed by atoms with Crippen LogP contribution >= 0.6 is 0 Å². The molecule has 0 aliphatic carbocycles. The van der Waals surface area contributed by atoms with E-state index in [4.69, 9.17) is 0 Å². The van der Waals surface area contributed by atoms with Crippen molar-refractivity contribution in [2.75, 3.05) is 6.54 Å². The molecular formula is C10H15NO. The van der Waals surface area contributed by atoms with Gasteiger partial charge in [0.15, 0.2) is 0 Å². The van der Waals surface area contributed by atoms with Gasteiger partial charge < -0.3 is 0 Å². The maximum Gasteiger partial charge on any atom is 0.0814 e. The van der Waals surface area contributed by atoms with Gasteiger partial charge in [-0.1, -0.05) is 30.0 Å². The van der Waals surface area contributed by atoms with Gasteiger partial charge in [-0.05, 0) is 31.4 Å². The number of allylic oxidation sites excluding steroid dienone is 2. The van der Waals surface area contributed by atoms with E-state index in [9.17, 15) is 4.91 Å². The molecule has 0 N–H and O–H groups in total. The predicted molar refractivity (Wildman–Crippen MR) is 51.0 cm³/mol. The second-order valence-electron chi connectivity index (χ2n) is 2.48. The van der Waals surface area contributed by atoms with Crippen LogP contribution < -0.4 is 0 Å². The van der Waals surface area contributed by atoms with E-state index in [1.165, 1.54) is 0 Å². The number of rotatable bonds is 6. The van der Waals surface area contributed by atoms with Gasteiger partial charge in [0.2, 0.25) is 0 Å². The van der Waals surface area contributed by atoms with Crippen LogP contribution in [0.4, 0.5) is 0 Å². The lowest BCUT2D eigenvalue weighted by molar-refractivity contribution is 0.851. The molecule has 0 amide bonds. The molecule has 0 spiro atoms. The number of unbranched alkanes of at least 4 members (excludes halogenated alkanes) is 2. The summed E-state index contributed by atoms with van der Waals surface area (Å²) in [6, 6.07) is 0. The van der Waals surface area contributed by atoms with Crippen LogP contribution in [0.1, 0.15) is 32.6 Å². The summed E-state index contributed by atoms with van der Waals surface area (Å²) in [4.78, 5) is 9.67. The largest absolute Gasteiger partial charge is 0.151 e. The van der Waals surface area contributed by atoms with E-state index in [1.54, 1.807) is 0 Å². The Morgan fingerprint density at radius 1 is 1.25 bits per heavy atom. The minimum atomic E-state index is 0.400. The summed E-state index contributed by atoms with van der Waals surface area (Å²) in [6.45, 7) is 2.52. The maximum absolute atomic E-state index is 9.67. The number of nitrogens with zero attached hydrogens (tertiary/aromatic N) is 1. The van der Waals surface area contributed by atoms with Crippen molar-refractivity contribution in [3.05, 3.63) is 28.5 Å². The average molecular weight is 165 g/mol. The summed E-state index contributed by atoms with van der Waals surface area (Å²) >= 11 is 0. The highest BCUT2D eigenvalue weighted by molar-refractivity contribution is 4.86. The summed E-state index contributed by atoms with van der Waals surface area (Å²) in [5, 5.41) is 2.76. The van der Waals surface area contributed by atoms with Gasteiger partial charge >= 0.3 is 0 Å². The highest BCUT2D eigenvalue weighted by Crippen LogP contribution is 1.89. The van der Waals surface area contributed by atoms with Gasteiger partial charge in [0.25, 0.3) is 0 Å². The zero-order valence-electron chi connectivity index (χ0n) is 7.55. The summed E-state index contributed by atoms with van der Waals surface area (Å²) in [5.41, 5.74) is 5.83. The van der Waals surface area contributed by atoms with Crippen LogP contribution in [0.2, 0.25) is 0 Å². The van der Waals surface area contributed by atoms with E-state index >= 15 is 0 Å². The van der Waals surface area contributed by atoms with Crippen molar-refractivity contribution in [2.24, 2.45) is 5.18 Å². The fourth-order valence-corrected chi connectivity index (χ4v) is 0.664. The minimum Gasteiger partial charge on any atom is -0.151 e. The summed E-state index contributed by atoms with van der Waals surface area (Å²) in [7, 11) is 0. The first-order chi connectivity index (χ1) is 5.91. The lowest BCUT2D eigenvalue weighted by atomic mass is 10.3. The predicted octanol–water partition coefficient (Wildman–Crippen LogP) is 3.20. The Hall–Kier alpha value is -1.10. The van der Waals surface area contributed by atoms with Gasteiger partial charge in [0.1, 0.15) is 0 Å². The smallest absolute Gasteiger partial charge is 0.0814 e. The highest BCUT2D eigenvalue weighted by atomic mass is 16.3. The van der Waals surface area contributed by atoms with Crippen molar-refractivity contribution in [1.82, 2.24) is 0 Å². The molecule has 0 saturated heterocycles. The Morgan fingerprint density at radius 2 is 1.92 bits per heavy atom. The number of hydrogen-bond donors (Lipinski definition) is 0. The molecule has 0 aliphatic heterocycles. The van der Waals surface area contributed by atoms with Gasteiger partial charge in [-0.2, -0.15) is 4.91 Å². The van der Waals surface area contributed by atoms with Crippen molar-refractivity contribution in [1.29, 1.82) is 0 Å². The minimum absolute atomic E-state index is 0.400. The quantitative estimate of drug-likeness (QED) is 0.337. The normalized spacial score (nSPS) is 8.08. The summed E-state index contributed by atoms with van der Waals surface area (Å²) in [6.07, 6.45) is 7.72. The first kappa shape index (κ1) is 10.9. The average Bonchev–Trinajstić information content (AvgIpc) is 2.10. The van der Waals surface area contributed by atoms with E-state index < -0.39 is 0 Å². The van der Waals surface area contributed by atoms with E-state index in [-0.39, 0.29) is 0 Å². The fraction of sp³-hybridized carbons (Fsp3) is 0.600. The Kier molecular flexibility index (Phi) is 8.99. The molecular weight excluding hydrogens is 150 g/mol. The van der Waals surface area contributed by atoms with Crippen molar-refractivity contribution in [2.45, 2.75) is 32.6 Å². The first-order valence-corrected chi connectivity index (χ1v) is 4.35. The SMILES string of the molecule is CCCC=C=C=CCCCN=O. The van der Waals surface area contributed by atoms with Crippen LogP contribution in [0.25, 0.3) is 0 Å². The van der Waals surface area contributed by atoms with Crippen LogP contribution in [-0.4, -0.2) is 6.54 Å². The molecule has 0 radical (unpaired) electrons. The molecule has 0 atom stereocenters. The molecule has 0 rings (SSSR count). The lowest BCUT2D eigenvalue weighted by Gasteiger charge is -1.81. The molecule has 0 heterocycles. The molecule has 2 nitrogen and oxygen atoms in total. The number of nitroso groups, excluding NO2 is 1. The van der Waals surface area contributed by atoms with Crippen molar-refractivity contribution < 1.29 is 0 Å². The third-order valence-corrected chi connectivity index (χ3v) is 1.32. The first-order valence-electron chi connectivity index (χ1n) is 4.35. The van der Waals surface area contributed by atoms with Crippen LogP contribution in [0.3, 0.4) is 0 Å². The van der Waals surface area contributed by atoms with E-state index in [2.05, 4.69) is 23.6 Å². The molecule has 0 aromatic heterocycles. The van der Waals surface area contributed by atoms with E-state index in [1.807, 2.05) is 12.2 Å². The van der Waals surface area contributed by atoms with E-state index in [0.717, 1.165) is 25.7 Å². The van der Waals surface area contributed by atoms with Crippen LogP contribution in [0.5, 0.6) is 0 Å². The van der Waals surface area contributed by atoms with Gasteiger partial charge in [0, 0.05) is 0 Å². The Morgan fingerprint density at radius 3 is 2.50 bits per heavy atom. The molecule has 0 bridgehead atoms. The Bertz CT molecular complexity index is 196.